The average molecular weight is 300 g/mol. The zero-order valence-corrected chi connectivity index (χ0v) is 14.8. The second-order valence-corrected chi connectivity index (χ2v) is 6.57. The van der Waals surface area contributed by atoms with Crippen molar-refractivity contribution in [1.29, 1.82) is 0 Å². The van der Waals surface area contributed by atoms with Gasteiger partial charge >= 0.3 is 0 Å². The first kappa shape index (κ1) is 18.9. The number of rotatable bonds is 10. The Morgan fingerprint density at radius 1 is 1.05 bits per heavy atom. The predicted octanol–water partition coefficient (Wildman–Crippen LogP) is 2.67. The molecule has 0 aromatic heterocycles. The fourth-order valence-electron chi connectivity index (χ4n) is 3.11. The molecule has 0 bridgehead atoms. The van der Waals surface area contributed by atoms with Crippen LogP contribution >= 0.6 is 0 Å². The lowest BCUT2D eigenvalue weighted by Gasteiger charge is -2.53. The molecule has 126 valence electrons. The molecule has 1 unspecified atom stereocenters. The Bertz CT molecular complexity index is 282. The van der Waals surface area contributed by atoms with Crippen LogP contribution in [0.4, 0.5) is 0 Å². The van der Waals surface area contributed by atoms with Gasteiger partial charge in [-0.25, -0.2) is 0 Å². The van der Waals surface area contributed by atoms with E-state index in [2.05, 4.69) is 37.9 Å². The molecule has 1 rings (SSSR count). The van der Waals surface area contributed by atoms with Gasteiger partial charge in [0, 0.05) is 51.0 Å². The number of piperazine rings is 1. The van der Waals surface area contributed by atoms with E-state index in [0.717, 1.165) is 45.9 Å². The van der Waals surface area contributed by atoms with E-state index in [0.29, 0.717) is 0 Å². The van der Waals surface area contributed by atoms with E-state index in [9.17, 15) is 0 Å². The van der Waals surface area contributed by atoms with Crippen LogP contribution in [0, 0.1) is 0 Å². The first-order valence-corrected chi connectivity index (χ1v) is 8.62. The van der Waals surface area contributed by atoms with Crippen molar-refractivity contribution < 1.29 is 9.47 Å². The van der Waals surface area contributed by atoms with Crippen molar-refractivity contribution in [2.45, 2.75) is 64.5 Å². The third kappa shape index (κ3) is 5.20. The van der Waals surface area contributed by atoms with E-state index in [1.165, 1.54) is 19.3 Å². The predicted molar refractivity (Wildman–Crippen MR) is 88.9 cm³/mol. The summed E-state index contributed by atoms with van der Waals surface area (Å²) in [5, 5.41) is 3.82. The molecule has 4 heteroatoms. The SMILES string of the molecule is CCC1(CC)CN(CCOCCCOC)C(C)(CC)CN1. The minimum absolute atomic E-state index is 0.254. The van der Waals surface area contributed by atoms with Crippen LogP contribution in [0.5, 0.6) is 0 Å². The summed E-state index contributed by atoms with van der Waals surface area (Å²) < 4.78 is 10.8. The maximum absolute atomic E-state index is 5.77. The molecule has 1 aliphatic rings. The van der Waals surface area contributed by atoms with Gasteiger partial charge in [0.1, 0.15) is 0 Å². The number of nitrogens with zero attached hydrogens (tertiary/aromatic N) is 1. The highest BCUT2D eigenvalue weighted by molar-refractivity contribution is 5.02. The molecule has 21 heavy (non-hydrogen) atoms. The fraction of sp³-hybridized carbons (Fsp3) is 1.00. The Morgan fingerprint density at radius 3 is 2.33 bits per heavy atom. The molecule has 0 aromatic carbocycles. The number of hydrogen-bond donors (Lipinski definition) is 1. The molecule has 1 heterocycles. The molecular weight excluding hydrogens is 264 g/mol. The standard InChI is InChI=1S/C17H36N2O2/c1-6-16(4)14-18-17(7-2,8-3)15-19(16)10-13-21-12-9-11-20-5/h18H,6-15H2,1-5H3. The molecule has 0 saturated carbocycles. The van der Waals surface area contributed by atoms with Gasteiger partial charge in [0.2, 0.25) is 0 Å². The van der Waals surface area contributed by atoms with Gasteiger partial charge in [-0.15, -0.1) is 0 Å². The van der Waals surface area contributed by atoms with Crippen LogP contribution in [0.25, 0.3) is 0 Å². The van der Waals surface area contributed by atoms with Gasteiger partial charge in [-0.3, -0.25) is 4.90 Å². The third-order valence-corrected chi connectivity index (χ3v) is 5.36. The van der Waals surface area contributed by atoms with Gasteiger partial charge in [0.05, 0.1) is 6.61 Å². The molecule has 1 fully saturated rings. The highest BCUT2D eigenvalue weighted by atomic mass is 16.5. The average Bonchev–Trinajstić information content (AvgIpc) is 2.52. The van der Waals surface area contributed by atoms with Crippen LogP contribution < -0.4 is 5.32 Å². The summed E-state index contributed by atoms with van der Waals surface area (Å²) in [4.78, 5) is 2.65. The van der Waals surface area contributed by atoms with Crippen LogP contribution in [-0.4, -0.2) is 62.5 Å². The maximum atomic E-state index is 5.77. The van der Waals surface area contributed by atoms with E-state index >= 15 is 0 Å². The molecule has 1 saturated heterocycles. The van der Waals surface area contributed by atoms with Crippen molar-refractivity contribution in [3.8, 4) is 0 Å². The monoisotopic (exact) mass is 300 g/mol. The Morgan fingerprint density at radius 2 is 1.76 bits per heavy atom. The van der Waals surface area contributed by atoms with Crippen LogP contribution in [0.15, 0.2) is 0 Å². The van der Waals surface area contributed by atoms with Crippen molar-refractivity contribution in [2.75, 3.05) is 46.6 Å². The van der Waals surface area contributed by atoms with Crippen LogP contribution in [0.3, 0.4) is 0 Å². The molecule has 1 aliphatic heterocycles. The molecule has 0 spiro atoms. The van der Waals surface area contributed by atoms with Crippen LogP contribution in [-0.2, 0) is 9.47 Å². The van der Waals surface area contributed by atoms with Gasteiger partial charge in [0.15, 0.2) is 0 Å². The summed E-state index contributed by atoms with van der Waals surface area (Å²) in [5.41, 5.74) is 0.536. The number of ether oxygens (including phenoxy) is 2. The highest BCUT2D eigenvalue weighted by Crippen LogP contribution is 2.30. The van der Waals surface area contributed by atoms with E-state index in [1.54, 1.807) is 7.11 Å². The number of methoxy groups -OCH3 is 1. The smallest absolute Gasteiger partial charge is 0.0593 e. The lowest BCUT2D eigenvalue weighted by atomic mass is 9.83. The summed E-state index contributed by atoms with van der Waals surface area (Å²) in [6, 6.07) is 0. The Kier molecular flexibility index (Phi) is 8.17. The quantitative estimate of drug-likeness (QED) is 0.629. The fourth-order valence-corrected chi connectivity index (χ4v) is 3.11. The van der Waals surface area contributed by atoms with Gasteiger partial charge in [-0.2, -0.15) is 0 Å². The Balaban J connectivity index is 2.48. The normalized spacial score (nSPS) is 26.1. The van der Waals surface area contributed by atoms with Gasteiger partial charge < -0.3 is 14.8 Å². The summed E-state index contributed by atoms with van der Waals surface area (Å²) in [7, 11) is 1.74. The Labute approximate surface area is 131 Å². The van der Waals surface area contributed by atoms with Gasteiger partial charge in [-0.1, -0.05) is 20.8 Å². The van der Waals surface area contributed by atoms with Crippen LogP contribution in [0.1, 0.15) is 53.4 Å². The molecule has 0 radical (unpaired) electrons. The topological polar surface area (TPSA) is 33.7 Å². The summed E-state index contributed by atoms with van der Waals surface area (Å²) in [5.74, 6) is 0. The Hall–Kier alpha value is -0.160. The lowest BCUT2D eigenvalue weighted by molar-refractivity contribution is -0.0132. The largest absolute Gasteiger partial charge is 0.385 e. The molecule has 1 N–H and O–H groups in total. The highest BCUT2D eigenvalue weighted by Gasteiger charge is 2.41. The molecule has 1 atom stereocenters. The first-order chi connectivity index (χ1) is 10.1. The maximum Gasteiger partial charge on any atom is 0.0593 e. The van der Waals surface area contributed by atoms with E-state index in [1.807, 2.05) is 0 Å². The second kappa shape index (κ2) is 9.09. The number of nitrogens with one attached hydrogen (secondary N) is 1. The molecule has 0 amide bonds. The van der Waals surface area contributed by atoms with Crippen molar-refractivity contribution in [3.63, 3.8) is 0 Å². The zero-order chi connectivity index (χ0) is 15.8. The van der Waals surface area contributed by atoms with E-state index in [4.69, 9.17) is 9.47 Å². The van der Waals surface area contributed by atoms with Crippen molar-refractivity contribution in [1.82, 2.24) is 10.2 Å². The molecule has 0 aromatic rings. The zero-order valence-electron chi connectivity index (χ0n) is 14.8. The van der Waals surface area contributed by atoms with Gasteiger partial charge in [0.25, 0.3) is 0 Å². The van der Waals surface area contributed by atoms with Crippen molar-refractivity contribution >= 4 is 0 Å². The second-order valence-electron chi connectivity index (χ2n) is 6.57. The summed E-state index contributed by atoms with van der Waals surface area (Å²) in [6.45, 7) is 14.9. The number of hydrogen-bond acceptors (Lipinski definition) is 4. The van der Waals surface area contributed by atoms with E-state index < -0.39 is 0 Å². The summed E-state index contributed by atoms with van der Waals surface area (Å²) >= 11 is 0. The van der Waals surface area contributed by atoms with Gasteiger partial charge in [-0.05, 0) is 32.6 Å². The minimum Gasteiger partial charge on any atom is -0.385 e. The van der Waals surface area contributed by atoms with Crippen molar-refractivity contribution in [3.05, 3.63) is 0 Å². The third-order valence-electron chi connectivity index (χ3n) is 5.36. The first-order valence-electron chi connectivity index (χ1n) is 8.62. The molecule has 0 aliphatic carbocycles. The summed E-state index contributed by atoms with van der Waals surface area (Å²) in [6.07, 6.45) is 4.53. The van der Waals surface area contributed by atoms with Crippen molar-refractivity contribution in [2.24, 2.45) is 0 Å². The van der Waals surface area contributed by atoms with Crippen LogP contribution in [0.2, 0.25) is 0 Å². The van der Waals surface area contributed by atoms with E-state index in [-0.39, 0.29) is 11.1 Å². The molecule has 4 nitrogen and oxygen atoms in total. The lowest BCUT2D eigenvalue weighted by Crippen LogP contribution is -2.69. The molecular formula is C17H36N2O2. The minimum atomic E-state index is 0.254.